The highest BCUT2D eigenvalue weighted by Gasteiger charge is 2.15. The minimum atomic E-state index is -0.225. The molecule has 0 amide bonds. The van der Waals surface area contributed by atoms with Gasteiger partial charge in [0, 0.05) is 17.3 Å². The third-order valence-corrected chi connectivity index (χ3v) is 8.51. The lowest BCUT2D eigenvalue weighted by atomic mass is 10.0. The summed E-state index contributed by atoms with van der Waals surface area (Å²) in [6.07, 6.45) is 7.53. The van der Waals surface area contributed by atoms with Crippen molar-refractivity contribution in [2.24, 2.45) is 0 Å². The zero-order chi connectivity index (χ0) is 32.2. The van der Waals surface area contributed by atoms with Crippen LogP contribution in [0, 0.1) is 6.92 Å². The van der Waals surface area contributed by atoms with E-state index in [1.165, 1.54) is 15.9 Å². The average molecular weight is 638 g/mol. The molecule has 3 heterocycles. The molecule has 0 aliphatic carbocycles. The SMILES string of the molecule is CCOc1ccc(/C=C/c2nc3s/c(=C\c4cn(-c5ccccc5)nc4-c4ccc(OCc5ccccc5)c(C)c4)c(=O)n3n2)cc1. The van der Waals surface area contributed by atoms with Gasteiger partial charge >= 0.3 is 0 Å². The minimum absolute atomic E-state index is 0.225. The van der Waals surface area contributed by atoms with Crippen molar-refractivity contribution in [3.63, 3.8) is 0 Å². The van der Waals surface area contributed by atoms with Crippen molar-refractivity contribution in [3.8, 4) is 28.4 Å². The van der Waals surface area contributed by atoms with Crippen LogP contribution in [0.1, 0.15) is 35.0 Å². The zero-order valence-corrected chi connectivity index (χ0v) is 26.7. The maximum Gasteiger partial charge on any atom is 0.291 e. The van der Waals surface area contributed by atoms with Gasteiger partial charge in [-0.15, -0.1) is 5.10 Å². The van der Waals surface area contributed by atoms with Crippen LogP contribution in [0.5, 0.6) is 11.5 Å². The molecule has 0 atom stereocenters. The van der Waals surface area contributed by atoms with Gasteiger partial charge in [0.1, 0.15) is 23.8 Å². The summed E-state index contributed by atoms with van der Waals surface area (Å²) in [6, 6.07) is 33.8. The Bertz CT molecular complexity index is 2290. The van der Waals surface area contributed by atoms with E-state index in [9.17, 15) is 4.79 Å². The Morgan fingerprint density at radius 1 is 0.851 bits per heavy atom. The van der Waals surface area contributed by atoms with E-state index in [1.54, 1.807) is 6.08 Å². The molecule has 47 heavy (non-hydrogen) atoms. The molecule has 0 fully saturated rings. The molecule has 0 saturated heterocycles. The molecule has 0 aliphatic heterocycles. The van der Waals surface area contributed by atoms with Crippen LogP contribution in [0.3, 0.4) is 0 Å². The van der Waals surface area contributed by atoms with Gasteiger partial charge in [0.15, 0.2) is 5.82 Å². The van der Waals surface area contributed by atoms with Crippen LogP contribution < -0.4 is 19.6 Å². The molecule has 8 nitrogen and oxygen atoms in total. The summed E-state index contributed by atoms with van der Waals surface area (Å²) in [5.41, 5.74) is 6.26. The number of ether oxygens (including phenoxy) is 2. The van der Waals surface area contributed by atoms with Gasteiger partial charge in [-0.1, -0.05) is 78.1 Å². The second-order valence-corrected chi connectivity index (χ2v) is 11.9. The number of rotatable bonds is 10. The zero-order valence-electron chi connectivity index (χ0n) is 25.9. The van der Waals surface area contributed by atoms with Crippen LogP contribution in [-0.2, 0) is 6.61 Å². The first-order valence-corrected chi connectivity index (χ1v) is 16.1. The lowest BCUT2D eigenvalue weighted by molar-refractivity contribution is 0.304. The summed E-state index contributed by atoms with van der Waals surface area (Å²) in [6.45, 7) is 5.09. The molecular formula is C38H31N5O3S. The van der Waals surface area contributed by atoms with Gasteiger partial charge in [-0.2, -0.15) is 14.6 Å². The van der Waals surface area contributed by atoms with Gasteiger partial charge in [0.2, 0.25) is 4.96 Å². The van der Waals surface area contributed by atoms with E-state index in [1.807, 2.05) is 134 Å². The number of hydrogen-bond acceptors (Lipinski definition) is 7. The Kier molecular flexibility index (Phi) is 8.44. The molecule has 7 rings (SSSR count). The number of benzene rings is 4. The van der Waals surface area contributed by atoms with Crippen molar-refractivity contribution in [3.05, 3.63) is 152 Å². The molecule has 0 N–H and O–H groups in total. The Hall–Kier alpha value is -5.80. The predicted octanol–water partition coefficient (Wildman–Crippen LogP) is 7.01. The van der Waals surface area contributed by atoms with E-state index in [0.29, 0.717) is 28.5 Å². The van der Waals surface area contributed by atoms with Crippen molar-refractivity contribution in [2.75, 3.05) is 6.61 Å². The van der Waals surface area contributed by atoms with Gasteiger partial charge in [0.05, 0.1) is 16.8 Å². The first kappa shape index (κ1) is 29.9. The van der Waals surface area contributed by atoms with E-state index in [0.717, 1.165) is 50.7 Å². The number of aryl methyl sites for hydroxylation is 1. The van der Waals surface area contributed by atoms with E-state index >= 15 is 0 Å². The molecule has 0 bridgehead atoms. The number of nitrogens with zero attached hydrogens (tertiary/aromatic N) is 5. The second kappa shape index (κ2) is 13.3. The maximum atomic E-state index is 13.5. The summed E-state index contributed by atoms with van der Waals surface area (Å²) in [5.74, 6) is 2.10. The molecule has 0 radical (unpaired) electrons. The van der Waals surface area contributed by atoms with Crippen LogP contribution in [-0.4, -0.2) is 31.0 Å². The number of hydrogen-bond donors (Lipinski definition) is 0. The number of aromatic nitrogens is 5. The van der Waals surface area contributed by atoms with Gasteiger partial charge in [-0.05, 0) is 85.2 Å². The standard InChI is InChI=1S/C38H31N5O3S/c1-3-45-32-18-14-27(15-19-32)16-21-35-39-38-43(40-35)37(44)34(47-38)23-30-24-42(31-12-8-5-9-13-31)41-36(30)29-17-20-33(26(2)22-29)46-25-28-10-6-4-7-11-28/h4-24H,3,25H2,1-2H3/b21-16+,34-23-. The molecular weight excluding hydrogens is 607 g/mol. The summed E-state index contributed by atoms with van der Waals surface area (Å²) in [7, 11) is 0. The fourth-order valence-corrected chi connectivity index (χ4v) is 6.10. The molecule has 0 aliphatic rings. The highest BCUT2D eigenvalue weighted by molar-refractivity contribution is 7.15. The quantitative estimate of drug-likeness (QED) is 0.161. The molecule has 0 unspecified atom stereocenters. The van der Waals surface area contributed by atoms with E-state index < -0.39 is 0 Å². The van der Waals surface area contributed by atoms with Crippen molar-refractivity contribution in [1.82, 2.24) is 24.4 Å². The van der Waals surface area contributed by atoms with Crippen molar-refractivity contribution >= 4 is 34.5 Å². The molecule has 4 aromatic carbocycles. The molecule has 232 valence electrons. The smallest absolute Gasteiger partial charge is 0.291 e. The molecule has 3 aromatic heterocycles. The van der Waals surface area contributed by atoms with Crippen LogP contribution in [0.15, 0.2) is 114 Å². The van der Waals surface area contributed by atoms with Crippen LogP contribution in [0.2, 0.25) is 0 Å². The third-order valence-electron chi connectivity index (χ3n) is 7.55. The summed E-state index contributed by atoms with van der Waals surface area (Å²) >= 11 is 1.30. The minimum Gasteiger partial charge on any atom is -0.494 e. The summed E-state index contributed by atoms with van der Waals surface area (Å²) < 4.78 is 15.3. The van der Waals surface area contributed by atoms with E-state index in [2.05, 4.69) is 16.1 Å². The fraction of sp³-hybridized carbons (Fsp3) is 0.105. The van der Waals surface area contributed by atoms with Crippen LogP contribution >= 0.6 is 11.3 Å². The van der Waals surface area contributed by atoms with Gasteiger partial charge in [-0.25, -0.2) is 4.68 Å². The highest BCUT2D eigenvalue weighted by Crippen LogP contribution is 2.29. The van der Waals surface area contributed by atoms with Crippen molar-refractivity contribution in [2.45, 2.75) is 20.5 Å². The topological polar surface area (TPSA) is 83.5 Å². The first-order chi connectivity index (χ1) is 23.0. The number of para-hydroxylation sites is 1. The fourth-order valence-electron chi connectivity index (χ4n) is 5.20. The van der Waals surface area contributed by atoms with Crippen LogP contribution in [0.4, 0.5) is 0 Å². The first-order valence-electron chi connectivity index (χ1n) is 15.3. The Morgan fingerprint density at radius 3 is 2.34 bits per heavy atom. The Balaban J connectivity index is 1.20. The lowest BCUT2D eigenvalue weighted by Gasteiger charge is -2.10. The van der Waals surface area contributed by atoms with Gasteiger partial charge in [-0.3, -0.25) is 4.79 Å². The summed E-state index contributed by atoms with van der Waals surface area (Å²) in [5, 5.41) is 9.43. The maximum absolute atomic E-state index is 13.5. The van der Waals surface area contributed by atoms with Crippen molar-refractivity contribution in [1.29, 1.82) is 0 Å². The van der Waals surface area contributed by atoms with Crippen LogP contribution in [0.25, 0.3) is 40.1 Å². The highest BCUT2D eigenvalue weighted by atomic mass is 32.1. The second-order valence-electron chi connectivity index (χ2n) is 10.9. The number of fused-ring (bicyclic) bond motifs is 1. The van der Waals surface area contributed by atoms with Crippen molar-refractivity contribution < 1.29 is 9.47 Å². The van der Waals surface area contributed by atoms with E-state index in [-0.39, 0.29) is 5.56 Å². The lowest BCUT2D eigenvalue weighted by Crippen LogP contribution is -2.23. The number of thiazole rings is 1. The monoisotopic (exact) mass is 637 g/mol. The Morgan fingerprint density at radius 2 is 1.62 bits per heavy atom. The normalized spacial score (nSPS) is 11.9. The largest absolute Gasteiger partial charge is 0.494 e. The molecule has 0 spiro atoms. The third kappa shape index (κ3) is 6.61. The molecule has 7 aromatic rings. The Labute approximate surface area is 275 Å². The van der Waals surface area contributed by atoms with Gasteiger partial charge in [0.25, 0.3) is 5.56 Å². The van der Waals surface area contributed by atoms with E-state index in [4.69, 9.17) is 14.6 Å². The predicted molar refractivity (Wildman–Crippen MR) is 187 cm³/mol. The average Bonchev–Trinajstić information content (AvgIpc) is 3.79. The molecule has 9 heteroatoms. The van der Waals surface area contributed by atoms with Gasteiger partial charge < -0.3 is 9.47 Å². The molecule has 0 saturated carbocycles. The summed E-state index contributed by atoms with van der Waals surface area (Å²) in [4.78, 5) is 18.6.